The normalized spacial score (nSPS) is 12.6. The number of benzene rings is 1. The number of amides is 2. The van der Waals surface area contributed by atoms with E-state index in [0.717, 1.165) is 0 Å². The molecule has 0 fully saturated rings. The summed E-state index contributed by atoms with van der Waals surface area (Å²) in [5, 5.41) is 16.1. The van der Waals surface area contributed by atoms with E-state index in [9.17, 15) is 19.7 Å². The van der Waals surface area contributed by atoms with Gasteiger partial charge in [0, 0.05) is 29.6 Å². The van der Waals surface area contributed by atoms with Crippen molar-refractivity contribution >= 4 is 29.1 Å². The smallest absolute Gasteiger partial charge is 0.411 e. The molecule has 0 aliphatic carbocycles. The maximum atomic E-state index is 12.1. The number of fused-ring (bicyclic) bond motifs is 1. The molecule has 2 aromatic rings. The standard InChI is InChI=1S/C14H10N4O5/c19-13(8-1-3-15-4-2-8)16-11-5-9-7-23-14(20)17-10(9)6-12(11)18(21)22/h1-6H,7H2,(H,16,19)(H,17,20). The van der Waals surface area contributed by atoms with Crippen molar-refractivity contribution in [3.8, 4) is 0 Å². The van der Waals surface area contributed by atoms with Crippen LogP contribution in [0.1, 0.15) is 15.9 Å². The summed E-state index contributed by atoms with van der Waals surface area (Å²) in [6.45, 7) is -0.0305. The second kappa shape index (κ2) is 5.72. The van der Waals surface area contributed by atoms with Crippen LogP contribution in [-0.2, 0) is 11.3 Å². The van der Waals surface area contributed by atoms with Crippen LogP contribution < -0.4 is 10.6 Å². The van der Waals surface area contributed by atoms with Crippen molar-refractivity contribution in [1.82, 2.24) is 4.98 Å². The number of nitro benzene ring substituents is 1. The maximum absolute atomic E-state index is 12.1. The van der Waals surface area contributed by atoms with Gasteiger partial charge in [0.15, 0.2) is 0 Å². The fourth-order valence-corrected chi connectivity index (χ4v) is 2.11. The summed E-state index contributed by atoms with van der Waals surface area (Å²) in [6, 6.07) is 5.58. The number of anilines is 2. The number of aromatic nitrogens is 1. The van der Waals surface area contributed by atoms with Gasteiger partial charge >= 0.3 is 6.09 Å². The lowest BCUT2D eigenvalue weighted by atomic mass is 10.1. The fraction of sp³-hybridized carbons (Fsp3) is 0.0714. The van der Waals surface area contributed by atoms with E-state index in [2.05, 4.69) is 15.6 Å². The highest BCUT2D eigenvalue weighted by Gasteiger charge is 2.24. The number of rotatable bonds is 3. The molecule has 9 nitrogen and oxygen atoms in total. The van der Waals surface area contributed by atoms with E-state index in [1.807, 2.05) is 0 Å². The molecule has 0 atom stereocenters. The summed E-state index contributed by atoms with van der Waals surface area (Å²) in [5.74, 6) is -0.504. The largest absolute Gasteiger partial charge is 0.444 e. The first-order valence-electron chi connectivity index (χ1n) is 6.51. The second-order valence-electron chi connectivity index (χ2n) is 4.67. The summed E-state index contributed by atoms with van der Waals surface area (Å²) in [5.41, 5.74) is 0.829. The lowest BCUT2D eigenvalue weighted by Gasteiger charge is -2.18. The number of hydrogen-bond acceptors (Lipinski definition) is 6. The van der Waals surface area contributed by atoms with Crippen LogP contribution in [0, 0.1) is 10.1 Å². The van der Waals surface area contributed by atoms with Crippen LogP contribution in [0.4, 0.5) is 21.9 Å². The van der Waals surface area contributed by atoms with Crippen LogP contribution >= 0.6 is 0 Å². The molecule has 9 heteroatoms. The molecule has 2 N–H and O–H groups in total. The predicted molar refractivity (Wildman–Crippen MR) is 79.1 cm³/mol. The van der Waals surface area contributed by atoms with Gasteiger partial charge in [-0.25, -0.2) is 4.79 Å². The number of cyclic esters (lactones) is 1. The summed E-state index contributed by atoms with van der Waals surface area (Å²) >= 11 is 0. The molecule has 2 amide bonds. The van der Waals surface area contributed by atoms with E-state index < -0.39 is 16.9 Å². The highest BCUT2D eigenvalue weighted by molar-refractivity contribution is 6.05. The minimum Gasteiger partial charge on any atom is -0.444 e. The minimum atomic E-state index is -0.680. The Labute approximate surface area is 129 Å². The molecule has 0 unspecified atom stereocenters. The Morgan fingerprint density at radius 3 is 2.78 bits per heavy atom. The molecule has 0 saturated carbocycles. The molecule has 0 spiro atoms. The lowest BCUT2D eigenvalue weighted by Crippen LogP contribution is -2.21. The Balaban J connectivity index is 1.96. The van der Waals surface area contributed by atoms with E-state index >= 15 is 0 Å². The first-order valence-corrected chi connectivity index (χ1v) is 6.51. The van der Waals surface area contributed by atoms with Gasteiger partial charge in [0.2, 0.25) is 0 Å². The average Bonchev–Trinajstić information content (AvgIpc) is 2.55. The Hall–Kier alpha value is -3.49. The molecular formula is C14H10N4O5. The second-order valence-corrected chi connectivity index (χ2v) is 4.67. The van der Waals surface area contributed by atoms with E-state index in [4.69, 9.17) is 4.74 Å². The molecule has 3 rings (SSSR count). The van der Waals surface area contributed by atoms with E-state index in [-0.39, 0.29) is 23.7 Å². The van der Waals surface area contributed by atoms with Crippen LogP contribution in [0.5, 0.6) is 0 Å². The maximum Gasteiger partial charge on any atom is 0.411 e. The van der Waals surface area contributed by atoms with E-state index in [0.29, 0.717) is 11.1 Å². The molecule has 23 heavy (non-hydrogen) atoms. The first kappa shape index (κ1) is 14.4. The first-order chi connectivity index (χ1) is 11.0. The summed E-state index contributed by atoms with van der Waals surface area (Å²) in [7, 11) is 0. The van der Waals surface area contributed by atoms with Crippen molar-refractivity contribution < 1.29 is 19.2 Å². The molecule has 116 valence electrons. The predicted octanol–water partition coefficient (Wildman–Crippen LogP) is 2.30. The Morgan fingerprint density at radius 2 is 2.09 bits per heavy atom. The van der Waals surface area contributed by atoms with Gasteiger partial charge in [-0.15, -0.1) is 0 Å². The number of carbonyl (C=O) groups is 2. The third kappa shape index (κ3) is 2.93. The number of ether oxygens (including phenoxy) is 1. The number of hydrogen-bond donors (Lipinski definition) is 2. The average molecular weight is 314 g/mol. The van der Waals surface area contributed by atoms with Crippen molar-refractivity contribution in [3.63, 3.8) is 0 Å². The van der Waals surface area contributed by atoms with Gasteiger partial charge in [-0.1, -0.05) is 0 Å². The van der Waals surface area contributed by atoms with Gasteiger partial charge < -0.3 is 10.1 Å². The van der Waals surface area contributed by atoms with Gasteiger partial charge in [0.05, 0.1) is 10.6 Å². The van der Waals surface area contributed by atoms with Gasteiger partial charge in [-0.05, 0) is 18.2 Å². The third-order valence-corrected chi connectivity index (χ3v) is 3.20. The topological polar surface area (TPSA) is 123 Å². The monoisotopic (exact) mass is 314 g/mol. The van der Waals surface area contributed by atoms with Gasteiger partial charge in [-0.2, -0.15) is 0 Å². The van der Waals surface area contributed by atoms with Crippen molar-refractivity contribution in [3.05, 3.63) is 57.9 Å². The van der Waals surface area contributed by atoms with Crippen molar-refractivity contribution in [2.24, 2.45) is 0 Å². The lowest BCUT2D eigenvalue weighted by molar-refractivity contribution is -0.383. The number of nitrogens with one attached hydrogen (secondary N) is 2. The quantitative estimate of drug-likeness (QED) is 0.661. The molecule has 1 aromatic heterocycles. The van der Waals surface area contributed by atoms with Crippen LogP contribution in [0.2, 0.25) is 0 Å². The number of nitrogens with zero attached hydrogens (tertiary/aromatic N) is 2. The molecule has 2 heterocycles. The summed E-state index contributed by atoms with van der Waals surface area (Å²) < 4.78 is 4.81. The Morgan fingerprint density at radius 1 is 1.35 bits per heavy atom. The minimum absolute atomic E-state index is 0.0234. The highest BCUT2D eigenvalue weighted by Crippen LogP contribution is 2.34. The molecular weight excluding hydrogens is 304 g/mol. The molecule has 1 aliphatic heterocycles. The number of carbonyl (C=O) groups excluding carboxylic acids is 2. The van der Waals surface area contributed by atoms with E-state index in [1.165, 1.54) is 36.7 Å². The SMILES string of the molecule is O=C1Nc2cc([N+](=O)[O-])c(NC(=O)c3ccncc3)cc2CO1. The zero-order chi connectivity index (χ0) is 16.4. The van der Waals surface area contributed by atoms with Gasteiger partial charge in [0.1, 0.15) is 12.3 Å². The van der Waals surface area contributed by atoms with E-state index in [1.54, 1.807) is 0 Å². The third-order valence-electron chi connectivity index (χ3n) is 3.20. The van der Waals surface area contributed by atoms with Gasteiger partial charge in [-0.3, -0.25) is 25.2 Å². The fourth-order valence-electron chi connectivity index (χ4n) is 2.11. The van der Waals surface area contributed by atoms with Crippen LogP contribution in [0.25, 0.3) is 0 Å². The molecule has 1 aliphatic rings. The highest BCUT2D eigenvalue weighted by atomic mass is 16.6. The van der Waals surface area contributed by atoms with Gasteiger partial charge in [0.25, 0.3) is 11.6 Å². The summed E-state index contributed by atoms with van der Waals surface area (Å²) in [4.78, 5) is 37.7. The van der Waals surface area contributed by atoms with Crippen LogP contribution in [-0.4, -0.2) is 21.9 Å². The molecule has 0 bridgehead atoms. The number of nitro groups is 1. The molecule has 1 aromatic carbocycles. The Kier molecular flexibility index (Phi) is 3.59. The van der Waals surface area contributed by atoms with Crippen molar-refractivity contribution in [2.45, 2.75) is 6.61 Å². The van der Waals surface area contributed by atoms with Crippen molar-refractivity contribution in [1.29, 1.82) is 0 Å². The zero-order valence-corrected chi connectivity index (χ0v) is 11.6. The van der Waals surface area contributed by atoms with Crippen LogP contribution in [0.15, 0.2) is 36.7 Å². The number of pyridine rings is 1. The molecule has 0 radical (unpaired) electrons. The van der Waals surface area contributed by atoms with Crippen LogP contribution in [0.3, 0.4) is 0 Å². The summed E-state index contributed by atoms with van der Waals surface area (Å²) in [6.07, 6.45) is 2.21. The van der Waals surface area contributed by atoms with Crippen molar-refractivity contribution in [2.75, 3.05) is 10.6 Å². The molecule has 0 saturated heterocycles. The Bertz CT molecular complexity index is 806. The zero-order valence-electron chi connectivity index (χ0n) is 11.6.